The Morgan fingerprint density at radius 3 is 2.29 bits per heavy atom. The van der Waals surface area contributed by atoms with Crippen molar-refractivity contribution in [2.45, 2.75) is 33.2 Å². The number of sulfone groups is 1. The van der Waals surface area contributed by atoms with E-state index in [2.05, 4.69) is 10.6 Å². The first kappa shape index (κ1) is 16.4. The maximum Gasteiger partial charge on any atom is 0.221 e. The molecule has 5 nitrogen and oxygen atoms in total. The third kappa shape index (κ3) is 11.6. The van der Waals surface area contributed by atoms with Crippen molar-refractivity contribution in [3.8, 4) is 0 Å². The third-order valence-electron chi connectivity index (χ3n) is 2.11. The predicted octanol–water partition coefficient (Wildman–Crippen LogP) is 0.171. The van der Waals surface area contributed by atoms with Crippen LogP contribution in [0.25, 0.3) is 0 Å². The molecule has 0 saturated heterocycles. The number of carbonyl (C=O) groups excluding carboxylic acids is 1. The zero-order valence-corrected chi connectivity index (χ0v) is 11.9. The van der Waals surface area contributed by atoms with E-state index in [4.69, 9.17) is 0 Å². The van der Waals surface area contributed by atoms with Crippen LogP contribution in [0.3, 0.4) is 0 Å². The highest BCUT2D eigenvalue weighted by Crippen LogP contribution is 1.91. The molecule has 6 heteroatoms. The Morgan fingerprint density at radius 1 is 1.24 bits per heavy atom. The van der Waals surface area contributed by atoms with E-state index in [-0.39, 0.29) is 17.7 Å². The van der Waals surface area contributed by atoms with Gasteiger partial charge in [0.05, 0.1) is 5.75 Å². The molecule has 0 aromatic carbocycles. The van der Waals surface area contributed by atoms with Gasteiger partial charge in [0.25, 0.3) is 0 Å². The van der Waals surface area contributed by atoms with Gasteiger partial charge in [-0.2, -0.15) is 0 Å². The van der Waals surface area contributed by atoms with Gasteiger partial charge in [0.15, 0.2) is 0 Å². The van der Waals surface area contributed by atoms with E-state index in [9.17, 15) is 13.2 Å². The molecule has 0 rings (SSSR count). The number of carbonyl (C=O) groups is 1. The quantitative estimate of drug-likeness (QED) is 0.655. The van der Waals surface area contributed by atoms with Gasteiger partial charge in [0.1, 0.15) is 9.84 Å². The van der Waals surface area contributed by atoms with Gasteiger partial charge in [-0.05, 0) is 12.8 Å². The molecule has 0 aliphatic heterocycles. The van der Waals surface area contributed by atoms with E-state index in [0.29, 0.717) is 25.4 Å². The Kier molecular flexibility index (Phi) is 7.38. The summed E-state index contributed by atoms with van der Waals surface area (Å²) in [6.45, 7) is 7.05. The summed E-state index contributed by atoms with van der Waals surface area (Å²) >= 11 is 0. The van der Waals surface area contributed by atoms with Crippen LogP contribution in [0, 0.1) is 5.92 Å². The van der Waals surface area contributed by atoms with E-state index in [1.807, 2.05) is 13.8 Å². The minimum absolute atomic E-state index is 0.00208. The number of rotatable bonds is 8. The molecule has 0 aromatic rings. The molecular weight excluding hydrogens is 240 g/mol. The lowest BCUT2D eigenvalue weighted by atomic mass is 10.2. The lowest BCUT2D eigenvalue weighted by Gasteiger charge is -2.12. The van der Waals surface area contributed by atoms with Gasteiger partial charge in [-0.1, -0.05) is 13.8 Å². The molecule has 0 fully saturated rings. The molecule has 0 saturated carbocycles. The van der Waals surface area contributed by atoms with Gasteiger partial charge in [-0.25, -0.2) is 8.42 Å². The van der Waals surface area contributed by atoms with Crippen molar-refractivity contribution in [1.29, 1.82) is 0 Å². The standard InChI is InChI=1S/C11H24N2O3S/c1-9(2)7-13-11(14)5-6-12-10(3)8-17(4,15)16/h9-10,12H,5-8H2,1-4H3,(H,13,14). The summed E-state index contributed by atoms with van der Waals surface area (Å²) in [6.07, 6.45) is 1.58. The second kappa shape index (κ2) is 7.66. The van der Waals surface area contributed by atoms with Crippen LogP contribution in [-0.2, 0) is 14.6 Å². The average molecular weight is 264 g/mol. The molecule has 0 heterocycles. The Bertz CT molecular complexity index is 326. The van der Waals surface area contributed by atoms with Crippen molar-refractivity contribution in [2.75, 3.05) is 25.1 Å². The van der Waals surface area contributed by atoms with E-state index < -0.39 is 9.84 Å². The second-order valence-electron chi connectivity index (χ2n) is 4.90. The Hall–Kier alpha value is -0.620. The molecule has 0 aromatic heterocycles. The number of nitrogens with one attached hydrogen (secondary N) is 2. The van der Waals surface area contributed by atoms with Crippen LogP contribution in [0.15, 0.2) is 0 Å². The summed E-state index contributed by atoms with van der Waals surface area (Å²) in [6, 6.07) is -0.122. The van der Waals surface area contributed by atoms with Gasteiger partial charge in [0.2, 0.25) is 5.91 Å². The Morgan fingerprint density at radius 2 is 1.82 bits per heavy atom. The monoisotopic (exact) mass is 264 g/mol. The summed E-state index contributed by atoms with van der Waals surface area (Å²) in [7, 11) is -2.96. The van der Waals surface area contributed by atoms with Gasteiger partial charge in [0, 0.05) is 31.8 Å². The highest BCUT2D eigenvalue weighted by Gasteiger charge is 2.10. The lowest BCUT2D eigenvalue weighted by molar-refractivity contribution is -0.121. The normalized spacial score (nSPS) is 13.7. The fourth-order valence-corrected chi connectivity index (χ4v) is 2.38. The summed E-state index contributed by atoms with van der Waals surface area (Å²) in [4.78, 5) is 11.3. The van der Waals surface area contributed by atoms with Crippen LogP contribution in [0.4, 0.5) is 0 Å². The molecule has 1 unspecified atom stereocenters. The molecule has 2 N–H and O–H groups in total. The fourth-order valence-electron chi connectivity index (χ4n) is 1.35. The third-order valence-corrected chi connectivity index (χ3v) is 3.21. The molecule has 0 radical (unpaired) electrons. The van der Waals surface area contributed by atoms with Gasteiger partial charge < -0.3 is 10.6 Å². The van der Waals surface area contributed by atoms with Crippen molar-refractivity contribution >= 4 is 15.7 Å². The number of hydrogen-bond acceptors (Lipinski definition) is 4. The lowest BCUT2D eigenvalue weighted by Crippen LogP contribution is -2.36. The summed E-state index contributed by atoms with van der Waals surface area (Å²) in [5.41, 5.74) is 0. The molecule has 0 spiro atoms. The van der Waals surface area contributed by atoms with E-state index in [1.54, 1.807) is 6.92 Å². The van der Waals surface area contributed by atoms with Crippen molar-refractivity contribution in [3.63, 3.8) is 0 Å². The van der Waals surface area contributed by atoms with Crippen LogP contribution >= 0.6 is 0 Å². The zero-order chi connectivity index (χ0) is 13.5. The largest absolute Gasteiger partial charge is 0.356 e. The van der Waals surface area contributed by atoms with Crippen LogP contribution < -0.4 is 10.6 Å². The van der Waals surface area contributed by atoms with E-state index >= 15 is 0 Å². The van der Waals surface area contributed by atoms with Crippen molar-refractivity contribution in [3.05, 3.63) is 0 Å². The minimum Gasteiger partial charge on any atom is -0.356 e. The molecule has 0 aliphatic rings. The van der Waals surface area contributed by atoms with E-state index in [1.165, 1.54) is 6.26 Å². The first-order valence-corrected chi connectivity index (χ1v) is 7.94. The number of amides is 1. The summed E-state index contributed by atoms with van der Waals surface area (Å²) in [5.74, 6) is 0.537. The number of hydrogen-bond donors (Lipinski definition) is 2. The smallest absolute Gasteiger partial charge is 0.221 e. The maximum atomic E-state index is 11.3. The van der Waals surface area contributed by atoms with Crippen LogP contribution in [-0.4, -0.2) is 45.5 Å². The SMILES string of the molecule is CC(C)CNC(=O)CCNC(C)CS(C)(=O)=O. The van der Waals surface area contributed by atoms with Crippen LogP contribution in [0.5, 0.6) is 0 Å². The predicted molar refractivity (Wildman–Crippen MR) is 69.6 cm³/mol. The zero-order valence-electron chi connectivity index (χ0n) is 11.1. The summed E-state index contributed by atoms with van der Waals surface area (Å²) < 4.78 is 22.0. The first-order chi connectivity index (χ1) is 7.70. The average Bonchev–Trinajstić information content (AvgIpc) is 2.11. The highest BCUT2D eigenvalue weighted by atomic mass is 32.2. The van der Waals surface area contributed by atoms with Crippen LogP contribution in [0.1, 0.15) is 27.2 Å². The minimum atomic E-state index is -2.96. The van der Waals surface area contributed by atoms with Crippen molar-refractivity contribution in [1.82, 2.24) is 10.6 Å². The van der Waals surface area contributed by atoms with Gasteiger partial charge in [-0.3, -0.25) is 4.79 Å². The fraction of sp³-hybridized carbons (Fsp3) is 0.909. The van der Waals surface area contributed by atoms with Gasteiger partial charge in [-0.15, -0.1) is 0 Å². The maximum absolute atomic E-state index is 11.3. The molecule has 1 atom stereocenters. The van der Waals surface area contributed by atoms with Gasteiger partial charge >= 0.3 is 0 Å². The van der Waals surface area contributed by atoms with E-state index in [0.717, 1.165) is 0 Å². The van der Waals surface area contributed by atoms with Crippen molar-refractivity contribution in [2.24, 2.45) is 5.92 Å². The second-order valence-corrected chi connectivity index (χ2v) is 7.08. The van der Waals surface area contributed by atoms with Crippen LogP contribution in [0.2, 0.25) is 0 Å². The molecule has 1 amide bonds. The first-order valence-electron chi connectivity index (χ1n) is 5.88. The molecule has 0 aliphatic carbocycles. The Labute approximate surface area is 104 Å². The van der Waals surface area contributed by atoms with Crippen molar-refractivity contribution < 1.29 is 13.2 Å². The molecule has 17 heavy (non-hydrogen) atoms. The Balaban J connectivity index is 3.66. The topological polar surface area (TPSA) is 75.3 Å². The molecular formula is C11H24N2O3S. The summed E-state index contributed by atoms with van der Waals surface area (Å²) in [5, 5.41) is 5.82. The molecule has 0 bridgehead atoms. The molecule has 102 valence electrons. The highest BCUT2D eigenvalue weighted by molar-refractivity contribution is 7.90.